The van der Waals surface area contributed by atoms with Gasteiger partial charge in [-0.1, -0.05) is 12.1 Å². The third kappa shape index (κ3) is 5.88. The number of nitrogens with one attached hydrogen (secondary N) is 1. The van der Waals surface area contributed by atoms with Crippen LogP contribution in [-0.4, -0.2) is 20.9 Å². The summed E-state index contributed by atoms with van der Waals surface area (Å²) in [6, 6.07) is 4.66. The molecule has 0 radical (unpaired) electrons. The van der Waals surface area contributed by atoms with Crippen LogP contribution in [0.3, 0.4) is 0 Å². The zero-order valence-electron chi connectivity index (χ0n) is 11.2. The van der Waals surface area contributed by atoms with E-state index >= 15 is 0 Å². The van der Waals surface area contributed by atoms with Crippen molar-refractivity contribution in [1.82, 2.24) is 5.32 Å². The number of rotatable bonds is 5. The van der Waals surface area contributed by atoms with Crippen LogP contribution in [0.2, 0.25) is 0 Å². The first kappa shape index (κ1) is 18.9. The summed E-state index contributed by atoms with van der Waals surface area (Å²) in [4.78, 5) is 4.23. The lowest BCUT2D eigenvalue weighted by molar-refractivity contribution is 0.597. The van der Waals surface area contributed by atoms with Crippen molar-refractivity contribution in [2.45, 2.75) is 18.4 Å². The number of sulfonamides is 1. The SMILES string of the molecule is C=CCNC(N)=NCc1ccc(S(N)(=O)=O)cc1C.I. The molecule has 0 aromatic heterocycles. The van der Waals surface area contributed by atoms with E-state index in [2.05, 4.69) is 16.9 Å². The van der Waals surface area contributed by atoms with E-state index in [4.69, 9.17) is 10.9 Å². The summed E-state index contributed by atoms with van der Waals surface area (Å²) in [6.07, 6.45) is 1.68. The van der Waals surface area contributed by atoms with Gasteiger partial charge in [-0.2, -0.15) is 0 Å². The van der Waals surface area contributed by atoms with E-state index in [0.29, 0.717) is 19.0 Å². The van der Waals surface area contributed by atoms with Crippen LogP contribution in [-0.2, 0) is 16.6 Å². The van der Waals surface area contributed by atoms with E-state index in [1.807, 2.05) is 0 Å². The molecule has 0 aliphatic heterocycles. The third-order valence-electron chi connectivity index (χ3n) is 2.49. The molecule has 20 heavy (non-hydrogen) atoms. The number of nitrogens with two attached hydrogens (primary N) is 2. The van der Waals surface area contributed by atoms with E-state index in [0.717, 1.165) is 11.1 Å². The van der Waals surface area contributed by atoms with Crippen molar-refractivity contribution in [1.29, 1.82) is 0 Å². The average molecular weight is 410 g/mol. The summed E-state index contributed by atoms with van der Waals surface area (Å²) < 4.78 is 22.4. The van der Waals surface area contributed by atoms with Gasteiger partial charge in [-0.15, -0.1) is 30.6 Å². The Hall–Kier alpha value is -1.13. The molecule has 0 bridgehead atoms. The molecule has 0 aliphatic carbocycles. The van der Waals surface area contributed by atoms with Crippen molar-refractivity contribution in [2.75, 3.05) is 6.54 Å². The van der Waals surface area contributed by atoms with Crippen LogP contribution < -0.4 is 16.2 Å². The average Bonchev–Trinajstić information content (AvgIpc) is 2.33. The first-order chi connectivity index (χ1) is 8.84. The van der Waals surface area contributed by atoms with Crippen LogP contribution in [0.5, 0.6) is 0 Å². The quantitative estimate of drug-likeness (QED) is 0.289. The summed E-state index contributed by atoms with van der Waals surface area (Å²) in [6.45, 7) is 6.26. The number of benzene rings is 1. The maximum absolute atomic E-state index is 11.2. The molecule has 0 atom stereocenters. The van der Waals surface area contributed by atoms with Crippen molar-refractivity contribution in [2.24, 2.45) is 15.9 Å². The van der Waals surface area contributed by atoms with Gasteiger partial charge in [0.15, 0.2) is 5.96 Å². The van der Waals surface area contributed by atoms with Crippen molar-refractivity contribution in [3.05, 3.63) is 42.0 Å². The summed E-state index contributed by atoms with van der Waals surface area (Å²) in [7, 11) is -3.67. The topological polar surface area (TPSA) is 111 Å². The van der Waals surface area contributed by atoms with E-state index in [1.165, 1.54) is 12.1 Å². The molecule has 0 saturated carbocycles. The van der Waals surface area contributed by atoms with E-state index in [9.17, 15) is 8.42 Å². The predicted molar refractivity (Wildman–Crippen MR) is 91.5 cm³/mol. The minimum Gasteiger partial charge on any atom is -0.370 e. The van der Waals surface area contributed by atoms with Crippen LogP contribution in [0.15, 0.2) is 40.7 Å². The maximum atomic E-state index is 11.2. The minimum atomic E-state index is -3.67. The number of aliphatic imine (C=N–C) groups is 1. The van der Waals surface area contributed by atoms with Crippen LogP contribution in [0.4, 0.5) is 0 Å². The second-order valence-electron chi connectivity index (χ2n) is 4.00. The van der Waals surface area contributed by atoms with E-state index in [1.54, 1.807) is 19.1 Å². The monoisotopic (exact) mass is 410 g/mol. The Labute approximate surface area is 136 Å². The van der Waals surface area contributed by atoms with Crippen molar-refractivity contribution < 1.29 is 8.42 Å². The molecule has 6 nitrogen and oxygen atoms in total. The fraction of sp³-hybridized carbons (Fsp3) is 0.250. The molecule has 0 unspecified atom stereocenters. The van der Waals surface area contributed by atoms with Gasteiger partial charge in [-0.25, -0.2) is 18.5 Å². The highest BCUT2D eigenvalue weighted by Gasteiger charge is 2.09. The smallest absolute Gasteiger partial charge is 0.238 e. The lowest BCUT2D eigenvalue weighted by Crippen LogP contribution is -2.31. The molecule has 5 N–H and O–H groups in total. The molecule has 1 aromatic carbocycles. The summed E-state index contributed by atoms with van der Waals surface area (Å²) in [5.41, 5.74) is 7.31. The van der Waals surface area contributed by atoms with Gasteiger partial charge in [0.25, 0.3) is 0 Å². The highest BCUT2D eigenvalue weighted by atomic mass is 127. The normalized spacial score (nSPS) is 11.6. The highest BCUT2D eigenvalue weighted by Crippen LogP contribution is 2.15. The Morgan fingerprint density at radius 3 is 2.65 bits per heavy atom. The van der Waals surface area contributed by atoms with Gasteiger partial charge in [0, 0.05) is 6.54 Å². The Morgan fingerprint density at radius 2 is 2.15 bits per heavy atom. The lowest BCUT2D eigenvalue weighted by atomic mass is 10.1. The molecular formula is C12H19IN4O2S. The van der Waals surface area contributed by atoms with Gasteiger partial charge < -0.3 is 11.1 Å². The van der Waals surface area contributed by atoms with Crippen molar-refractivity contribution in [3.8, 4) is 0 Å². The molecule has 112 valence electrons. The van der Waals surface area contributed by atoms with Crippen LogP contribution in [0, 0.1) is 6.92 Å². The maximum Gasteiger partial charge on any atom is 0.238 e. The molecule has 0 saturated heterocycles. The second-order valence-corrected chi connectivity index (χ2v) is 5.57. The van der Waals surface area contributed by atoms with E-state index < -0.39 is 10.0 Å². The van der Waals surface area contributed by atoms with Crippen LogP contribution in [0.25, 0.3) is 0 Å². The zero-order chi connectivity index (χ0) is 14.5. The first-order valence-corrected chi connectivity index (χ1v) is 7.16. The van der Waals surface area contributed by atoms with Gasteiger partial charge in [0.05, 0.1) is 11.4 Å². The Morgan fingerprint density at radius 1 is 1.50 bits per heavy atom. The largest absolute Gasteiger partial charge is 0.370 e. The lowest BCUT2D eigenvalue weighted by Gasteiger charge is -2.06. The number of guanidine groups is 1. The fourth-order valence-corrected chi connectivity index (χ4v) is 2.02. The number of hydrogen-bond acceptors (Lipinski definition) is 3. The van der Waals surface area contributed by atoms with Crippen LogP contribution in [0.1, 0.15) is 11.1 Å². The molecular weight excluding hydrogens is 391 g/mol. The number of halogens is 1. The summed E-state index contributed by atoms with van der Waals surface area (Å²) >= 11 is 0. The molecule has 0 aliphatic rings. The second kappa shape index (κ2) is 8.22. The number of primary sulfonamides is 1. The van der Waals surface area contributed by atoms with Gasteiger partial charge >= 0.3 is 0 Å². The van der Waals surface area contributed by atoms with Gasteiger partial charge in [0.1, 0.15) is 0 Å². The van der Waals surface area contributed by atoms with Crippen LogP contribution >= 0.6 is 24.0 Å². The fourth-order valence-electron chi connectivity index (χ4n) is 1.43. The highest BCUT2D eigenvalue weighted by molar-refractivity contribution is 14.0. The Balaban J connectivity index is 0.00000361. The van der Waals surface area contributed by atoms with Crippen molar-refractivity contribution in [3.63, 3.8) is 0 Å². The van der Waals surface area contributed by atoms with Gasteiger partial charge in [-0.3, -0.25) is 0 Å². The minimum absolute atomic E-state index is 0. The molecule has 0 fully saturated rings. The first-order valence-electron chi connectivity index (χ1n) is 5.61. The number of aryl methyl sites for hydroxylation is 1. The number of hydrogen-bond donors (Lipinski definition) is 3. The molecule has 1 aromatic rings. The standard InChI is InChI=1S/C12H18N4O2S.HI/c1-3-6-15-12(13)16-8-10-4-5-11(7-9(10)2)19(14,17)18;/h3-5,7H,1,6,8H2,2H3,(H3,13,15,16)(H2,14,17,18);1H. The molecule has 1 rings (SSSR count). The third-order valence-corrected chi connectivity index (χ3v) is 3.40. The van der Waals surface area contributed by atoms with Gasteiger partial charge in [0.2, 0.25) is 10.0 Å². The molecule has 8 heteroatoms. The predicted octanol–water partition coefficient (Wildman–Crippen LogP) is 0.851. The molecule has 0 heterocycles. The Kier molecular flexibility index (Phi) is 7.76. The number of nitrogens with zero attached hydrogens (tertiary/aromatic N) is 1. The molecule has 0 spiro atoms. The summed E-state index contributed by atoms with van der Waals surface area (Å²) in [5.74, 6) is 0.315. The Bertz CT molecular complexity index is 599. The molecule has 0 amide bonds. The van der Waals surface area contributed by atoms with Gasteiger partial charge in [-0.05, 0) is 30.2 Å². The van der Waals surface area contributed by atoms with Crippen molar-refractivity contribution >= 4 is 40.0 Å². The zero-order valence-corrected chi connectivity index (χ0v) is 14.3. The summed E-state index contributed by atoms with van der Waals surface area (Å²) in [5, 5.41) is 7.91. The van der Waals surface area contributed by atoms with E-state index in [-0.39, 0.29) is 28.9 Å².